The Hall–Kier alpha value is -3.88. The lowest BCUT2D eigenvalue weighted by Gasteiger charge is -2.29. The lowest BCUT2D eigenvalue weighted by Crippen LogP contribution is -2.54. The molecule has 3 amide bonds. The zero-order valence-corrected chi connectivity index (χ0v) is 18.1. The maximum Gasteiger partial charge on any atom is 0.254 e. The Bertz CT molecular complexity index is 929. The van der Waals surface area contributed by atoms with Gasteiger partial charge < -0.3 is 27.4 Å². The van der Waals surface area contributed by atoms with Gasteiger partial charge in [-0.1, -0.05) is 48.5 Å². The molecule has 0 spiro atoms. The van der Waals surface area contributed by atoms with Crippen LogP contribution in [0, 0.1) is 0 Å². The molecular formula is C23H30N6O3. The smallest absolute Gasteiger partial charge is 0.254 e. The van der Waals surface area contributed by atoms with E-state index in [1.54, 1.807) is 37.4 Å². The Morgan fingerprint density at radius 3 is 2.12 bits per heavy atom. The van der Waals surface area contributed by atoms with Crippen molar-refractivity contribution < 1.29 is 14.4 Å². The standard InChI is InChI=1S/C23H30N6O3/c1-29(22(32)17-11-6-3-7-12-17)19(13-8-14-27-23(25)26)21(31)28-18(20(24)30)15-16-9-4-2-5-10-16/h2-7,9-12,18-19H,8,13-15H2,1H3,(H2,24,30)(H,28,31)(H4,25,26,27)/t18-,19-/m0/s1. The van der Waals surface area contributed by atoms with Crippen molar-refractivity contribution in [2.75, 3.05) is 13.6 Å². The third kappa shape index (κ3) is 7.42. The van der Waals surface area contributed by atoms with Crippen molar-refractivity contribution in [1.29, 1.82) is 0 Å². The lowest BCUT2D eigenvalue weighted by atomic mass is 10.0. The molecule has 2 atom stereocenters. The maximum absolute atomic E-state index is 13.2. The highest BCUT2D eigenvalue weighted by molar-refractivity contribution is 5.98. The van der Waals surface area contributed by atoms with Gasteiger partial charge in [-0.25, -0.2) is 0 Å². The van der Waals surface area contributed by atoms with Gasteiger partial charge in [-0.3, -0.25) is 19.4 Å². The van der Waals surface area contributed by atoms with Crippen LogP contribution in [0.1, 0.15) is 28.8 Å². The molecule has 2 aromatic rings. The summed E-state index contributed by atoms with van der Waals surface area (Å²) >= 11 is 0. The van der Waals surface area contributed by atoms with Gasteiger partial charge in [0.2, 0.25) is 11.8 Å². The molecule has 32 heavy (non-hydrogen) atoms. The van der Waals surface area contributed by atoms with E-state index in [0.29, 0.717) is 24.9 Å². The van der Waals surface area contributed by atoms with Crippen LogP contribution in [0.25, 0.3) is 0 Å². The van der Waals surface area contributed by atoms with Gasteiger partial charge in [0.25, 0.3) is 5.91 Å². The van der Waals surface area contributed by atoms with E-state index in [1.807, 2.05) is 30.3 Å². The predicted octanol–water partition coefficient (Wildman–Crippen LogP) is 0.394. The van der Waals surface area contributed by atoms with Crippen LogP contribution in [0.4, 0.5) is 0 Å². The Morgan fingerprint density at radius 1 is 0.969 bits per heavy atom. The fourth-order valence-corrected chi connectivity index (χ4v) is 3.26. The Morgan fingerprint density at radius 2 is 1.56 bits per heavy atom. The van der Waals surface area contributed by atoms with Gasteiger partial charge >= 0.3 is 0 Å². The summed E-state index contributed by atoms with van der Waals surface area (Å²) in [6.07, 6.45) is 1.01. The number of rotatable bonds is 11. The summed E-state index contributed by atoms with van der Waals surface area (Å²) in [5, 5.41) is 2.71. The minimum Gasteiger partial charge on any atom is -0.370 e. The Labute approximate surface area is 187 Å². The molecule has 0 heterocycles. The second-order valence-corrected chi connectivity index (χ2v) is 7.40. The van der Waals surface area contributed by atoms with Crippen LogP contribution in [-0.2, 0) is 16.0 Å². The summed E-state index contributed by atoms with van der Waals surface area (Å²) in [6.45, 7) is 0.308. The predicted molar refractivity (Wildman–Crippen MR) is 124 cm³/mol. The minimum atomic E-state index is -0.912. The number of carbonyl (C=O) groups is 3. The van der Waals surface area contributed by atoms with Crippen molar-refractivity contribution in [1.82, 2.24) is 10.2 Å². The largest absolute Gasteiger partial charge is 0.370 e. The number of nitrogens with zero attached hydrogens (tertiary/aromatic N) is 2. The van der Waals surface area contributed by atoms with Crippen molar-refractivity contribution in [2.45, 2.75) is 31.3 Å². The van der Waals surface area contributed by atoms with Gasteiger partial charge in [-0.2, -0.15) is 0 Å². The van der Waals surface area contributed by atoms with E-state index in [0.717, 1.165) is 5.56 Å². The number of benzene rings is 2. The van der Waals surface area contributed by atoms with Crippen molar-refractivity contribution in [2.24, 2.45) is 22.2 Å². The molecule has 7 N–H and O–H groups in total. The van der Waals surface area contributed by atoms with Crippen LogP contribution < -0.4 is 22.5 Å². The summed E-state index contributed by atoms with van der Waals surface area (Å²) in [5.74, 6) is -1.48. The van der Waals surface area contributed by atoms with E-state index in [2.05, 4.69) is 10.3 Å². The first-order valence-electron chi connectivity index (χ1n) is 10.3. The minimum absolute atomic E-state index is 0.0450. The third-order valence-corrected chi connectivity index (χ3v) is 4.98. The molecule has 0 saturated carbocycles. The van der Waals surface area contributed by atoms with Crippen LogP contribution in [-0.4, -0.2) is 54.3 Å². The summed E-state index contributed by atoms with van der Waals surface area (Å²) in [7, 11) is 1.55. The fourth-order valence-electron chi connectivity index (χ4n) is 3.26. The second kappa shape index (κ2) is 12.1. The molecule has 9 heteroatoms. The monoisotopic (exact) mass is 438 g/mol. The van der Waals surface area contributed by atoms with E-state index in [1.165, 1.54) is 4.90 Å². The average molecular weight is 439 g/mol. The molecule has 2 rings (SSSR count). The highest BCUT2D eigenvalue weighted by Gasteiger charge is 2.30. The summed E-state index contributed by atoms with van der Waals surface area (Å²) in [6, 6.07) is 16.1. The number of primary amides is 1. The van der Waals surface area contributed by atoms with Crippen LogP contribution in [0.5, 0.6) is 0 Å². The molecule has 0 saturated heterocycles. The highest BCUT2D eigenvalue weighted by Crippen LogP contribution is 2.13. The first-order valence-corrected chi connectivity index (χ1v) is 10.3. The number of hydrogen-bond acceptors (Lipinski definition) is 4. The van der Waals surface area contributed by atoms with E-state index in [-0.39, 0.29) is 18.3 Å². The molecule has 0 aliphatic carbocycles. The Balaban J connectivity index is 2.18. The number of amides is 3. The molecule has 0 aromatic heterocycles. The van der Waals surface area contributed by atoms with Gasteiger partial charge in [0, 0.05) is 25.6 Å². The molecule has 0 bridgehead atoms. The van der Waals surface area contributed by atoms with E-state index < -0.39 is 23.9 Å². The van der Waals surface area contributed by atoms with Crippen molar-refractivity contribution in [3.63, 3.8) is 0 Å². The molecule has 0 unspecified atom stereocenters. The molecular weight excluding hydrogens is 408 g/mol. The summed E-state index contributed by atoms with van der Waals surface area (Å²) in [5.41, 5.74) is 17.6. The summed E-state index contributed by atoms with van der Waals surface area (Å²) in [4.78, 5) is 43.4. The first-order chi connectivity index (χ1) is 15.3. The van der Waals surface area contributed by atoms with Crippen LogP contribution in [0.3, 0.4) is 0 Å². The van der Waals surface area contributed by atoms with E-state index in [9.17, 15) is 14.4 Å². The second-order valence-electron chi connectivity index (χ2n) is 7.40. The quantitative estimate of drug-likeness (QED) is 0.227. The molecule has 9 nitrogen and oxygen atoms in total. The van der Waals surface area contributed by atoms with Crippen molar-refractivity contribution in [3.8, 4) is 0 Å². The molecule has 0 aliphatic heterocycles. The lowest BCUT2D eigenvalue weighted by molar-refractivity contribution is -0.130. The number of guanidine groups is 1. The van der Waals surface area contributed by atoms with Gasteiger partial charge in [-0.05, 0) is 30.5 Å². The highest BCUT2D eigenvalue weighted by atomic mass is 16.2. The number of hydrogen-bond donors (Lipinski definition) is 4. The number of aliphatic imine (C=N–C) groups is 1. The molecule has 2 aromatic carbocycles. The molecule has 0 radical (unpaired) electrons. The summed E-state index contributed by atoms with van der Waals surface area (Å²) < 4.78 is 0. The van der Waals surface area contributed by atoms with E-state index in [4.69, 9.17) is 17.2 Å². The van der Waals surface area contributed by atoms with Gasteiger partial charge in [-0.15, -0.1) is 0 Å². The zero-order chi connectivity index (χ0) is 23.5. The van der Waals surface area contributed by atoms with Gasteiger partial charge in [0.15, 0.2) is 5.96 Å². The fraction of sp³-hybridized carbons (Fsp3) is 0.304. The number of carbonyl (C=O) groups excluding carboxylic acids is 3. The SMILES string of the molecule is CN(C(=O)c1ccccc1)[C@@H](CCCN=C(N)N)C(=O)N[C@@H](Cc1ccccc1)C(N)=O. The zero-order valence-electron chi connectivity index (χ0n) is 18.1. The van der Waals surface area contributed by atoms with Crippen molar-refractivity contribution in [3.05, 3.63) is 71.8 Å². The number of nitrogens with one attached hydrogen (secondary N) is 1. The number of nitrogens with two attached hydrogens (primary N) is 3. The Kier molecular flexibility index (Phi) is 9.22. The first kappa shape index (κ1) is 24.4. The van der Waals surface area contributed by atoms with Crippen LogP contribution in [0.2, 0.25) is 0 Å². The van der Waals surface area contributed by atoms with E-state index >= 15 is 0 Å². The van der Waals surface area contributed by atoms with Gasteiger partial charge in [0.1, 0.15) is 12.1 Å². The molecule has 0 aliphatic rings. The van der Waals surface area contributed by atoms with Gasteiger partial charge in [0.05, 0.1) is 0 Å². The van der Waals surface area contributed by atoms with Crippen LogP contribution in [0.15, 0.2) is 65.7 Å². The molecule has 170 valence electrons. The maximum atomic E-state index is 13.2. The third-order valence-electron chi connectivity index (χ3n) is 4.98. The average Bonchev–Trinajstić information content (AvgIpc) is 2.78. The van der Waals surface area contributed by atoms with Crippen LogP contribution >= 0.6 is 0 Å². The molecule has 0 fully saturated rings. The van der Waals surface area contributed by atoms with Crippen molar-refractivity contribution >= 4 is 23.7 Å². The normalized spacial score (nSPS) is 12.3. The topological polar surface area (TPSA) is 157 Å². The number of likely N-dealkylation sites (N-methyl/N-ethyl adjacent to an activating group) is 1.